The normalized spacial score (nSPS) is 28.2. The van der Waals surface area contributed by atoms with Crippen LogP contribution < -0.4 is 5.73 Å². The predicted molar refractivity (Wildman–Crippen MR) is 81.0 cm³/mol. The van der Waals surface area contributed by atoms with Crippen LogP contribution in [0.2, 0.25) is 0 Å². The van der Waals surface area contributed by atoms with Crippen molar-refractivity contribution in [1.29, 1.82) is 0 Å². The van der Waals surface area contributed by atoms with Crippen LogP contribution in [-0.2, 0) is 4.79 Å². The second kappa shape index (κ2) is 5.50. The van der Waals surface area contributed by atoms with E-state index in [-0.39, 0.29) is 11.7 Å². The van der Waals surface area contributed by atoms with Crippen LogP contribution in [0, 0.1) is 10.8 Å². The minimum absolute atomic E-state index is 0.100. The molecule has 118 valence electrons. The average Bonchev–Trinajstić information content (AvgIpc) is 3.17. The van der Waals surface area contributed by atoms with Gasteiger partial charge >= 0.3 is 0 Å². The molecule has 21 heavy (non-hydrogen) atoms. The number of oxime groups is 1. The summed E-state index contributed by atoms with van der Waals surface area (Å²) in [5.41, 5.74) is 5.67. The molecule has 3 fully saturated rings. The molecule has 2 aliphatic carbocycles. The Balaban J connectivity index is 1.70. The highest BCUT2D eigenvalue weighted by Gasteiger charge is 2.49. The minimum Gasteiger partial charge on any atom is -0.409 e. The van der Waals surface area contributed by atoms with Crippen LogP contribution in [0.5, 0.6) is 0 Å². The zero-order chi connectivity index (χ0) is 14.9. The number of likely N-dealkylation sites (tertiary alicyclic amines) is 1. The molecule has 1 heterocycles. The van der Waals surface area contributed by atoms with E-state index in [1.165, 1.54) is 25.7 Å². The summed E-state index contributed by atoms with van der Waals surface area (Å²) in [6.45, 7) is 1.69. The molecule has 0 aromatic heterocycles. The Kier molecular flexibility index (Phi) is 3.84. The number of carbonyl (C=O) groups is 1. The fraction of sp³-hybridized carbons (Fsp3) is 0.875. The van der Waals surface area contributed by atoms with Crippen molar-refractivity contribution in [3.05, 3.63) is 0 Å². The van der Waals surface area contributed by atoms with Crippen molar-refractivity contribution in [2.45, 2.75) is 64.2 Å². The molecule has 0 unspecified atom stereocenters. The van der Waals surface area contributed by atoms with Crippen molar-refractivity contribution in [3.63, 3.8) is 0 Å². The molecule has 3 rings (SSSR count). The van der Waals surface area contributed by atoms with Crippen LogP contribution in [0.4, 0.5) is 0 Å². The molecule has 3 N–H and O–H groups in total. The molecule has 0 aromatic rings. The third-order valence-corrected chi connectivity index (χ3v) is 6.24. The van der Waals surface area contributed by atoms with Gasteiger partial charge in [-0.2, -0.15) is 0 Å². The lowest BCUT2D eigenvalue weighted by molar-refractivity contribution is -0.140. The molecule has 3 aliphatic rings. The molecule has 5 heteroatoms. The van der Waals surface area contributed by atoms with Crippen LogP contribution in [0.25, 0.3) is 0 Å². The van der Waals surface area contributed by atoms with E-state index < -0.39 is 5.41 Å². The monoisotopic (exact) mass is 293 g/mol. The van der Waals surface area contributed by atoms with E-state index in [9.17, 15) is 4.79 Å². The molecule has 1 spiro atoms. The summed E-state index contributed by atoms with van der Waals surface area (Å²) in [6, 6.07) is 0. The van der Waals surface area contributed by atoms with E-state index in [1.54, 1.807) is 0 Å². The second-order valence-corrected chi connectivity index (χ2v) is 7.27. The fourth-order valence-electron chi connectivity index (χ4n) is 4.77. The maximum Gasteiger partial charge on any atom is 0.236 e. The fourth-order valence-corrected chi connectivity index (χ4v) is 4.77. The van der Waals surface area contributed by atoms with Gasteiger partial charge in [-0.05, 0) is 43.9 Å². The predicted octanol–water partition coefficient (Wildman–Crippen LogP) is 2.48. The first-order chi connectivity index (χ1) is 10.1. The Morgan fingerprint density at radius 2 is 1.48 bits per heavy atom. The van der Waals surface area contributed by atoms with Gasteiger partial charge in [0.05, 0.1) is 0 Å². The van der Waals surface area contributed by atoms with Gasteiger partial charge in [0, 0.05) is 13.1 Å². The average molecular weight is 293 g/mol. The molecule has 1 saturated heterocycles. The van der Waals surface area contributed by atoms with Gasteiger partial charge in [0.1, 0.15) is 5.41 Å². The lowest BCUT2D eigenvalue weighted by Crippen LogP contribution is -2.53. The van der Waals surface area contributed by atoms with E-state index in [1.807, 2.05) is 4.90 Å². The van der Waals surface area contributed by atoms with Crippen molar-refractivity contribution in [1.82, 2.24) is 4.90 Å². The highest BCUT2D eigenvalue weighted by atomic mass is 16.4. The summed E-state index contributed by atoms with van der Waals surface area (Å²) < 4.78 is 0. The smallest absolute Gasteiger partial charge is 0.236 e. The quantitative estimate of drug-likeness (QED) is 0.355. The van der Waals surface area contributed by atoms with Crippen molar-refractivity contribution in [3.8, 4) is 0 Å². The van der Waals surface area contributed by atoms with E-state index in [0.29, 0.717) is 5.41 Å². The molecule has 1 amide bonds. The Bertz CT molecular complexity index is 425. The van der Waals surface area contributed by atoms with Crippen molar-refractivity contribution in [2.75, 3.05) is 13.1 Å². The number of amidine groups is 1. The van der Waals surface area contributed by atoms with Gasteiger partial charge in [0.2, 0.25) is 5.91 Å². The van der Waals surface area contributed by atoms with E-state index in [0.717, 1.165) is 51.6 Å². The molecule has 5 nitrogen and oxygen atoms in total. The second-order valence-electron chi connectivity index (χ2n) is 7.27. The zero-order valence-electron chi connectivity index (χ0n) is 12.8. The summed E-state index contributed by atoms with van der Waals surface area (Å²) in [4.78, 5) is 15.0. The van der Waals surface area contributed by atoms with Crippen molar-refractivity contribution < 1.29 is 10.0 Å². The third kappa shape index (κ3) is 2.40. The van der Waals surface area contributed by atoms with Gasteiger partial charge in [-0.3, -0.25) is 4.79 Å². The lowest BCUT2D eigenvalue weighted by atomic mass is 9.75. The maximum absolute atomic E-state index is 13.0. The SMILES string of the molecule is NC(=NO)C1(C(=O)N2CCC3(CCCC3)CC2)CCCC1. The molecule has 0 atom stereocenters. The summed E-state index contributed by atoms with van der Waals surface area (Å²) in [5.74, 6) is 0.217. The number of carbonyl (C=O) groups excluding carboxylic acids is 1. The first kappa shape index (κ1) is 14.7. The Morgan fingerprint density at radius 3 is 2.00 bits per heavy atom. The van der Waals surface area contributed by atoms with Gasteiger partial charge < -0.3 is 15.8 Å². The van der Waals surface area contributed by atoms with Gasteiger partial charge in [0.25, 0.3) is 0 Å². The number of rotatable bonds is 2. The number of hydrogen-bond donors (Lipinski definition) is 2. The highest BCUT2D eigenvalue weighted by Crippen LogP contribution is 2.47. The van der Waals surface area contributed by atoms with Crippen LogP contribution in [0.1, 0.15) is 64.2 Å². The molecule has 1 aliphatic heterocycles. The van der Waals surface area contributed by atoms with E-state index >= 15 is 0 Å². The van der Waals surface area contributed by atoms with Crippen LogP contribution in [0.15, 0.2) is 5.16 Å². The molecule has 0 radical (unpaired) electrons. The first-order valence-corrected chi connectivity index (χ1v) is 8.39. The highest BCUT2D eigenvalue weighted by molar-refractivity contribution is 6.07. The Labute approximate surface area is 126 Å². The summed E-state index contributed by atoms with van der Waals surface area (Å²) in [5, 5.41) is 12.2. The first-order valence-electron chi connectivity index (χ1n) is 8.39. The molecular weight excluding hydrogens is 266 g/mol. The standard InChI is InChI=1S/C16H27N3O2/c17-13(18-21)16(7-3-4-8-16)14(20)19-11-9-15(10-12-19)5-1-2-6-15/h21H,1-12H2,(H2,17,18). The lowest BCUT2D eigenvalue weighted by Gasteiger charge is -2.42. The molecular formula is C16H27N3O2. The van der Waals surface area contributed by atoms with Crippen molar-refractivity contribution >= 4 is 11.7 Å². The molecule has 0 aromatic carbocycles. The van der Waals surface area contributed by atoms with Crippen LogP contribution in [-0.4, -0.2) is 34.9 Å². The molecule has 2 saturated carbocycles. The van der Waals surface area contributed by atoms with Gasteiger partial charge in [-0.25, -0.2) is 0 Å². The van der Waals surface area contributed by atoms with E-state index in [2.05, 4.69) is 5.16 Å². The van der Waals surface area contributed by atoms with Gasteiger partial charge in [-0.15, -0.1) is 0 Å². The molecule has 0 bridgehead atoms. The largest absolute Gasteiger partial charge is 0.409 e. The Morgan fingerprint density at radius 1 is 0.952 bits per heavy atom. The third-order valence-electron chi connectivity index (χ3n) is 6.24. The number of nitrogens with two attached hydrogens (primary N) is 1. The number of hydrogen-bond acceptors (Lipinski definition) is 3. The number of nitrogens with zero attached hydrogens (tertiary/aromatic N) is 2. The van der Waals surface area contributed by atoms with Gasteiger partial charge in [-0.1, -0.05) is 30.8 Å². The zero-order valence-corrected chi connectivity index (χ0v) is 12.8. The van der Waals surface area contributed by atoms with Crippen molar-refractivity contribution in [2.24, 2.45) is 21.7 Å². The van der Waals surface area contributed by atoms with Gasteiger partial charge in [0.15, 0.2) is 5.84 Å². The summed E-state index contributed by atoms with van der Waals surface area (Å²) in [7, 11) is 0. The maximum atomic E-state index is 13.0. The van der Waals surface area contributed by atoms with E-state index in [4.69, 9.17) is 10.9 Å². The number of amides is 1. The summed E-state index contributed by atoms with van der Waals surface area (Å²) >= 11 is 0. The number of piperidine rings is 1. The minimum atomic E-state index is -0.727. The van der Waals surface area contributed by atoms with Crippen LogP contribution >= 0.6 is 0 Å². The van der Waals surface area contributed by atoms with Crippen LogP contribution in [0.3, 0.4) is 0 Å². The topological polar surface area (TPSA) is 78.9 Å². The summed E-state index contributed by atoms with van der Waals surface area (Å²) in [6.07, 6.45) is 11.0. The Hall–Kier alpha value is -1.26.